The molecule has 7 aromatic carbocycles. The lowest BCUT2D eigenvalue weighted by Gasteiger charge is -2.11. The molecule has 0 aliphatic heterocycles. The van der Waals surface area contributed by atoms with E-state index in [4.69, 9.17) is 0 Å². The van der Waals surface area contributed by atoms with Crippen LogP contribution in [0.4, 0.5) is 0 Å². The van der Waals surface area contributed by atoms with Gasteiger partial charge in [-0.15, -0.1) is 0 Å². The van der Waals surface area contributed by atoms with E-state index in [0.29, 0.717) is 0 Å². The molecule has 9 aromatic rings. The lowest BCUT2D eigenvalue weighted by molar-refractivity contribution is 1.17. The Morgan fingerprint density at radius 3 is 1.78 bits per heavy atom. The topological polar surface area (TPSA) is 9.86 Å². The molecule has 210 valence electrons. The van der Waals surface area contributed by atoms with Gasteiger partial charge in [0.05, 0.1) is 22.1 Å². The van der Waals surface area contributed by atoms with Gasteiger partial charge < -0.3 is 9.13 Å². The Bertz CT molecular complexity index is 2620. The summed E-state index contributed by atoms with van der Waals surface area (Å²) < 4.78 is 4.83. The highest BCUT2D eigenvalue weighted by Crippen LogP contribution is 2.41. The molecule has 0 N–H and O–H groups in total. The van der Waals surface area contributed by atoms with Crippen LogP contribution in [0.25, 0.3) is 77.2 Å². The van der Waals surface area contributed by atoms with Gasteiger partial charge in [-0.3, -0.25) is 0 Å². The Hall–Kier alpha value is -5.86. The molecule has 0 saturated heterocycles. The van der Waals surface area contributed by atoms with Crippen molar-refractivity contribution in [1.82, 2.24) is 9.13 Å². The molecule has 2 heteroatoms. The van der Waals surface area contributed by atoms with Crippen LogP contribution in [0.3, 0.4) is 0 Å². The second-order valence-corrected chi connectivity index (χ2v) is 12.2. The molecule has 0 unspecified atom stereocenters. The fourth-order valence-electron chi connectivity index (χ4n) is 7.69. The first kappa shape index (κ1) is 24.6. The zero-order valence-electron chi connectivity index (χ0n) is 24.6. The van der Waals surface area contributed by atoms with Gasteiger partial charge in [-0.1, -0.05) is 103 Å². The normalized spacial score (nSPS) is 12.4. The van der Waals surface area contributed by atoms with Gasteiger partial charge in [0.1, 0.15) is 0 Å². The van der Waals surface area contributed by atoms with Crippen molar-refractivity contribution >= 4 is 43.6 Å². The molecule has 45 heavy (non-hydrogen) atoms. The minimum absolute atomic E-state index is 1.01. The van der Waals surface area contributed by atoms with E-state index in [0.717, 1.165) is 6.42 Å². The Morgan fingerprint density at radius 1 is 0.333 bits per heavy atom. The lowest BCUT2D eigenvalue weighted by atomic mass is 10.0. The molecule has 10 rings (SSSR count). The second kappa shape index (κ2) is 9.32. The molecule has 0 fully saturated rings. The zero-order valence-corrected chi connectivity index (χ0v) is 24.6. The van der Waals surface area contributed by atoms with Crippen LogP contribution in [-0.2, 0) is 6.42 Å². The average molecular weight is 573 g/mol. The number of rotatable bonds is 3. The van der Waals surface area contributed by atoms with E-state index in [9.17, 15) is 0 Å². The van der Waals surface area contributed by atoms with Crippen molar-refractivity contribution in [1.29, 1.82) is 0 Å². The standard InChI is InChI=1S/C43H28N2/c1-2-11-32(12-3-1)44-40-16-8-6-14-35(40)37-22-19-29(26-43(37)44)28-20-23-42-39(25-28)36-15-7-9-17-41(36)45(42)33-21-18-31-24-30-10-4-5-13-34(30)38(31)27-33/h1-23,25-27H,24H2. The third kappa shape index (κ3) is 3.57. The van der Waals surface area contributed by atoms with Crippen molar-refractivity contribution in [3.8, 4) is 33.6 Å². The maximum atomic E-state index is 2.44. The van der Waals surface area contributed by atoms with Crippen molar-refractivity contribution in [3.63, 3.8) is 0 Å². The predicted octanol–water partition coefficient (Wildman–Crippen LogP) is 11.1. The molecule has 0 bridgehead atoms. The maximum absolute atomic E-state index is 2.44. The van der Waals surface area contributed by atoms with Crippen LogP contribution in [0.2, 0.25) is 0 Å². The lowest BCUT2D eigenvalue weighted by Crippen LogP contribution is -1.95. The van der Waals surface area contributed by atoms with E-state index in [2.05, 4.69) is 167 Å². The van der Waals surface area contributed by atoms with Crippen LogP contribution < -0.4 is 0 Å². The first-order valence-electron chi connectivity index (χ1n) is 15.7. The number of benzene rings is 7. The summed E-state index contributed by atoms with van der Waals surface area (Å²) in [4.78, 5) is 0. The summed E-state index contributed by atoms with van der Waals surface area (Å²) in [6.07, 6.45) is 1.01. The molecule has 2 heterocycles. The highest BCUT2D eigenvalue weighted by molar-refractivity contribution is 6.12. The summed E-state index contributed by atoms with van der Waals surface area (Å²) in [5.74, 6) is 0. The van der Waals surface area contributed by atoms with Gasteiger partial charge in [-0.2, -0.15) is 0 Å². The zero-order chi connectivity index (χ0) is 29.5. The maximum Gasteiger partial charge on any atom is 0.0547 e. The first-order valence-corrected chi connectivity index (χ1v) is 15.7. The number of fused-ring (bicyclic) bond motifs is 9. The number of aromatic nitrogens is 2. The number of para-hydroxylation sites is 3. The van der Waals surface area contributed by atoms with E-state index in [-0.39, 0.29) is 0 Å². The van der Waals surface area contributed by atoms with Gasteiger partial charge in [0.2, 0.25) is 0 Å². The molecule has 0 atom stereocenters. The fraction of sp³-hybridized carbons (Fsp3) is 0.0233. The minimum atomic E-state index is 1.01. The van der Waals surface area contributed by atoms with Crippen LogP contribution in [-0.4, -0.2) is 9.13 Å². The SMILES string of the molecule is c1ccc(-n2c3ccccc3c3ccc(-c4ccc5c(c4)c4ccccc4n5-c4ccc5c(c4)-c4ccccc4C5)cc32)cc1. The Kier molecular flexibility index (Phi) is 5.09. The van der Waals surface area contributed by atoms with Crippen LogP contribution in [0.5, 0.6) is 0 Å². The summed E-state index contributed by atoms with van der Waals surface area (Å²) in [6, 6.07) is 58.0. The van der Waals surface area contributed by atoms with Crippen LogP contribution >= 0.6 is 0 Å². The fourth-order valence-corrected chi connectivity index (χ4v) is 7.69. The van der Waals surface area contributed by atoms with Crippen molar-refractivity contribution < 1.29 is 0 Å². The van der Waals surface area contributed by atoms with E-state index < -0.39 is 0 Å². The smallest absolute Gasteiger partial charge is 0.0547 e. The molecule has 2 nitrogen and oxygen atoms in total. The minimum Gasteiger partial charge on any atom is -0.309 e. The Labute approximate surface area is 261 Å². The molecule has 2 aromatic heterocycles. The van der Waals surface area contributed by atoms with Gasteiger partial charge in [0.25, 0.3) is 0 Å². The molecule has 1 aliphatic carbocycles. The summed E-state index contributed by atoms with van der Waals surface area (Å²) in [5, 5.41) is 5.09. The van der Waals surface area contributed by atoms with Crippen LogP contribution in [0.15, 0.2) is 158 Å². The summed E-state index contributed by atoms with van der Waals surface area (Å²) in [5.41, 5.74) is 15.3. The monoisotopic (exact) mass is 572 g/mol. The molecule has 0 spiro atoms. The van der Waals surface area contributed by atoms with Crippen LogP contribution in [0.1, 0.15) is 11.1 Å². The highest BCUT2D eigenvalue weighted by Gasteiger charge is 2.20. The highest BCUT2D eigenvalue weighted by atomic mass is 15.0. The van der Waals surface area contributed by atoms with Crippen molar-refractivity contribution in [2.75, 3.05) is 0 Å². The van der Waals surface area contributed by atoms with E-state index in [1.54, 1.807) is 0 Å². The Morgan fingerprint density at radius 2 is 0.933 bits per heavy atom. The Balaban J connectivity index is 1.17. The van der Waals surface area contributed by atoms with E-state index >= 15 is 0 Å². The van der Waals surface area contributed by atoms with Gasteiger partial charge in [-0.05, 0) is 94.4 Å². The van der Waals surface area contributed by atoms with E-state index in [1.165, 1.54) is 88.4 Å². The molecule has 1 aliphatic rings. The predicted molar refractivity (Wildman–Crippen MR) is 189 cm³/mol. The first-order chi connectivity index (χ1) is 22.3. The quantitative estimate of drug-likeness (QED) is 0.199. The molecule has 0 saturated carbocycles. The number of hydrogen-bond acceptors (Lipinski definition) is 0. The van der Waals surface area contributed by atoms with E-state index in [1.807, 2.05) is 0 Å². The summed E-state index contributed by atoms with van der Waals surface area (Å²) in [7, 11) is 0. The number of hydrogen-bond donors (Lipinski definition) is 0. The third-order valence-electron chi connectivity index (χ3n) is 9.73. The molecular weight excluding hydrogens is 544 g/mol. The van der Waals surface area contributed by atoms with Crippen LogP contribution in [0, 0.1) is 0 Å². The molecule has 0 radical (unpaired) electrons. The van der Waals surface area contributed by atoms with Crippen molar-refractivity contribution in [2.45, 2.75) is 6.42 Å². The molecular formula is C43H28N2. The van der Waals surface area contributed by atoms with Crippen molar-refractivity contribution in [2.24, 2.45) is 0 Å². The summed E-state index contributed by atoms with van der Waals surface area (Å²) in [6.45, 7) is 0. The average Bonchev–Trinajstić information content (AvgIpc) is 3.75. The largest absolute Gasteiger partial charge is 0.309 e. The summed E-state index contributed by atoms with van der Waals surface area (Å²) >= 11 is 0. The van der Waals surface area contributed by atoms with Gasteiger partial charge in [-0.25, -0.2) is 0 Å². The van der Waals surface area contributed by atoms with Gasteiger partial charge >= 0.3 is 0 Å². The van der Waals surface area contributed by atoms with Crippen molar-refractivity contribution in [3.05, 3.63) is 169 Å². The number of nitrogens with zero attached hydrogens (tertiary/aromatic N) is 2. The second-order valence-electron chi connectivity index (χ2n) is 12.2. The van der Waals surface area contributed by atoms with Gasteiger partial charge in [0.15, 0.2) is 0 Å². The molecule has 0 amide bonds. The third-order valence-corrected chi connectivity index (χ3v) is 9.73. The van der Waals surface area contributed by atoms with Gasteiger partial charge in [0, 0.05) is 32.9 Å².